The number of rotatable bonds is 7. The van der Waals surface area contributed by atoms with Crippen LogP contribution in [-0.2, 0) is 0 Å². The van der Waals surface area contributed by atoms with Gasteiger partial charge in [0.2, 0.25) is 0 Å². The smallest absolute Gasteiger partial charge is 0.160 e. The van der Waals surface area contributed by atoms with Gasteiger partial charge in [0.05, 0.1) is 5.69 Å². The molecule has 10 aromatic rings. The van der Waals surface area contributed by atoms with Crippen LogP contribution in [0.3, 0.4) is 0 Å². The number of furan rings is 1. The summed E-state index contributed by atoms with van der Waals surface area (Å²) in [7, 11) is 0. The molecule has 0 spiro atoms. The normalized spacial score (nSPS) is 14.1. The van der Waals surface area contributed by atoms with Gasteiger partial charge in [-0.2, -0.15) is 0 Å². The molecule has 0 bridgehead atoms. The highest BCUT2D eigenvalue weighted by Gasteiger charge is 2.35. The van der Waals surface area contributed by atoms with Crippen molar-refractivity contribution in [1.29, 1.82) is 0 Å². The molecule has 260 valence electrons. The van der Waals surface area contributed by atoms with Crippen molar-refractivity contribution >= 4 is 82.0 Å². The fourth-order valence-corrected chi connectivity index (χ4v) is 9.36. The van der Waals surface area contributed by atoms with Crippen LogP contribution in [0.5, 0.6) is 0 Å². The summed E-state index contributed by atoms with van der Waals surface area (Å²) in [5.74, 6) is 0.994. The first-order valence-corrected chi connectivity index (χ1v) is 19.4. The Bertz CT molecular complexity index is 3000. The maximum atomic E-state index is 6.78. The van der Waals surface area contributed by atoms with Gasteiger partial charge in [-0.15, -0.1) is 11.3 Å². The first kappa shape index (κ1) is 31.6. The van der Waals surface area contributed by atoms with E-state index in [1.165, 1.54) is 31.3 Å². The van der Waals surface area contributed by atoms with Crippen molar-refractivity contribution in [2.75, 3.05) is 9.80 Å². The molecule has 0 radical (unpaired) electrons. The third kappa shape index (κ3) is 5.16. The van der Waals surface area contributed by atoms with E-state index in [2.05, 4.69) is 198 Å². The first-order valence-electron chi connectivity index (χ1n) is 18.6. The van der Waals surface area contributed by atoms with E-state index in [0.29, 0.717) is 0 Å². The van der Waals surface area contributed by atoms with Crippen LogP contribution in [0, 0.1) is 0 Å². The molecule has 4 nitrogen and oxygen atoms in total. The third-order valence-electron chi connectivity index (χ3n) is 10.7. The average molecular weight is 724 g/mol. The fraction of sp³-hybridized carbons (Fsp3) is 0.0200. The number of thiophene rings is 1. The van der Waals surface area contributed by atoms with Crippen molar-refractivity contribution in [2.45, 2.75) is 6.17 Å². The van der Waals surface area contributed by atoms with E-state index in [1.54, 1.807) is 0 Å². The lowest BCUT2D eigenvalue weighted by molar-refractivity contribution is 0.669. The van der Waals surface area contributed by atoms with Crippen LogP contribution < -0.4 is 9.80 Å². The molecule has 2 aromatic heterocycles. The van der Waals surface area contributed by atoms with E-state index in [0.717, 1.165) is 61.7 Å². The van der Waals surface area contributed by atoms with Crippen LogP contribution in [0.25, 0.3) is 53.2 Å². The Morgan fingerprint density at radius 2 is 1.16 bits per heavy atom. The van der Waals surface area contributed by atoms with E-state index in [4.69, 9.17) is 9.41 Å². The van der Waals surface area contributed by atoms with Crippen LogP contribution in [0.1, 0.15) is 17.3 Å². The number of anilines is 4. The highest BCUT2D eigenvalue weighted by atomic mass is 32.1. The number of hydrogen-bond donors (Lipinski definition) is 0. The van der Waals surface area contributed by atoms with E-state index >= 15 is 0 Å². The lowest BCUT2D eigenvalue weighted by Crippen LogP contribution is -2.43. The minimum absolute atomic E-state index is 0.113. The van der Waals surface area contributed by atoms with Gasteiger partial charge in [-0.1, -0.05) is 133 Å². The second-order valence-electron chi connectivity index (χ2n) is 13.9. The van der Waals surface area contributed by atoms with Crippen LogP contribution in [0.4, 0.5) is 22.7 Å². The van der Waals surface area contributed by atoms with Gasteiger partial charge in [0, 0.05) is 53.6 Å². The molecule has 1 atom stereocenters. The summed E-state index contributed by atoms with van der Waals surface area (Å²) in [6.07, 6.45) is -0.113. The molecule has 5 heteroatoms. The molecule has 8 aromatic carbocycles. The minimum atomic E-state index is -0.113. The lowest BCUT2D eigenvalue weighted by Gasteiger charge is -2.41. The summed E-state index contributed by atoms with van der Waals surface area (Å²) < 4.78 is 9.34. The summed E-state index contributed by atoms with van der Waals surface area (Å²) in [6.45, 7) is 0. The summed E-state index contributed by atoms with van der Waals surface area (Å²) in [5.41, 5.74) is 10.5. The highest BCUT2D eigenvalue weighted by molar-refractivity contribution is 7.26. The Morgan fingerprint density at radius 3 is 1.91 bits per heavy atom. The minimum Gasteiger partial charge on any atom is -0.454 e. The lowest BCUT2D eigenvalue weighted by atomic mass is 9.97. The van der Waals surface area contributed by atoms with Crippen molar-refractivity contribution in [2.24, 2.45) is 4.99 Å². The quantitative estimate of drug-likeness (QED) is 0.164. The van der Waals surface area contributed by atoms with Crippen molar-refractivity contribution in [3.05, 3.63) is 205 Å². The SMILES string of the molecule is c1ccc(C2N=C(c3cccc4c3sc3ccccc34)N2c2ccc(-c3ccc(N(c4ccccc4)c4ccccc4)c4oc5ccccc5c34)cc2)cc1. The van der Waals surface area contributed by atoms with Gasteiger partial charge in [0.1, 0.15) is 11.4 Å². The molecule has 55 heavy (non-hydrogen) atoms. The summed E-state index contributed by atoms with van der Waals surface area (Å²) in [5, 5.41) is 4.76. The van der Waals surface area contributed by atoms with Crippen molar-refractivity contribution in [3.63, 3.8) is 0 Å². The number of aliphatic imine (C=N–C) groups is 1. The number of hydrogen-bond acceptors (Lipinski definition) is 5. The maximum absolute atomic E-state index is 6.78. The van der Waals surface area contributed by atoms with Crippen molar-refractivity contribution < 1.29 is 4.42 Å². The summed E-state index contributed by atoms with van der Waals surface area (Å²) >= 11 is 1.84. The fourth-order valence-electron chi connectivity index (χ4n) is 8.14. The molecule has 1 aliphatic heterocycles. The van der Waals surface area contributed by atoms with E-state index in [1.807, 2.05) is 17.4 Å². The molecule has 0 saturated heterocycles. The van der Waals surface area contributed by atoms with E-state index < -0.39 is 0 Å². The number of fused-ring (bicyclic) bond motifs is 6. The zero-order valence-corrected chi connectivity index (χ0v) is 30.5. The maximum Gasteiger partial charge on any atom is 0.160 e. The number of benzene rings is 8. The van der Waals surface area contributed by atoms with Crippen LogP contribution in [-0.4, -0.2) is 5.84 Å². The Hall–Kier alpha value is -6.95. The van der Waals surface area contributed by atoms with Crippen molar-refractivity contribution in [1.82, 2.24) is 0 Å². The molecule has 0 N–H and O–H groups in total. The molecule has 0 saturated carbocycles. The zero-order valence-electron chi connectivity index (χ0n) is 29.7. The van der Waals surface area contributed by atoms with Gasteiger partial charge >= 0.3 is 0 Å². The molecule has 0 aliphatic carbocycles. The zero-order chi connectivity index (χ0) is 36.3. The molecule has 0 amide bonds. The second-order valence-corrected chi connectivity index (χ2v) is 14.9. The largest absolute Gasteiger partial charge is 0.454 e. The highest BCUT2D eigenvalue weighted by Crippen LogP contribution is 2.47. The molecule has 1 unspecified atom stereocenters. The van der Waals surface area contributed by atoms with Gasteiger partial charge in [0.15, 0.2) is 11.7 Å². The Balaban J connectivity index is 1.04. The predicted octanol–water partition coefficient (Wildman–Crippen LogP) is 14.1. The second kappa shape index (κ2) is 12.9. The number of nitrogens with zero attached hydrogens (tertiary/aromatic N) is 3. The van der Waals surface area contributed by atoms with Gasteiger partial charge in [-0.3, -0.25) is 4.90 Å². The summed E-state index contributed by atoms with van der Waals surface area (Å²) in [6, 6.07) is 68.7. The summed E-state index contributed by atoms with van der Waals surface area (Å²) in [4.78, 5) is 9.97. The Labute approximate surface area is 322 Å². The Kier molecular flexibility index (Phi) is 7.39. The molecular formula is C50H33N3OS. The van der Waals surface area contributed by atoms with Gasteiger partial charge in [0.25, 0.3) is 0 Å². The van der Waals surface area contributed by atoms with Crippen LogP contribution in [0.15, 0.2) is 204 Å². The Morgan fingerprint density at radius 1 is 0.527 bits per heavy atom. The predicted molar refractivity (Wildman–Crippen MR) is 231 cm³/mol. The molecule has 11 rings (SSSR count). The topological polar surface area (TPSA) is 32.0 Å². The molecule has 0 fully saturated rings. The average Bonchev–Trinajstić information content (AvgIpc) is 3.82. The number of para-hydroxylation sites is 3. The van der Waals surface area contributed by atoms with Crippen molar-refractivity contribution in [3.8, 4) is 11.1 Å². The van der Waals surface area contributed by atoms with Gasteiger partial charge in [-0.25, -0.2) is 4.99 Å². The monoisotopic (exact) mass is 723 g/mol. The van der Waals surface area contributed by atoms with Crippen LogP contribution >= 0.6 is 11.3 Å². The number of amidine groups is 1. The van der Waals surface area contributed by atoms with E-state index in [-0.39, 0.29) is 6.17 Å². The van der Waals surface area contributed by atoms with Gasteiger partial charge in [-0.05, 0) is 77.4 Å². The first-order chi connectivity index (χ1) is 27.3. The van der Waals surface area contributed by atoms with Crippen LogP contribution in [0.2, 0.25) is 0 Å². The van der Waals surface area contributed by atoms with E-state index in [9.17, 15) is 0 Å². The standard InChI is InChI=1S/C50H33N3OS/c1-4-15-34(16-5-1)49-51-50(42-24-14-23-40-39-21-11-13-26-45(39)55-48(40)42)53(49)37-29-27-33(28-30-37)38-31-32-43(47-46(38)41-22-10-12-25-44(41)54-47)52(35-17-6-2-7-18-35)36-19-8-3-9-20-36/h1-32,49H. The molecular weight excluding hydrogens is 691 g/mol. The van der Waals surface area contributed by atoms with Gasteiger partial charge < -0.3 is 9.32 Å². The third-order valence-corrected chi connectivity index (χ3v) is 11.9. The molecule has 1 aliphatic rings. The molecule has 3 heterocycles.